The van der Waals surface area contributed by atoms with Crippen molar-refractivity contribution in [3.05, 3.63) is 89.0 Å². The number of sulfonamides is 2. The van der Waals surface area contributed by atoms with Gasteiger partial charge in [0.2, 0.25) is 15.9 Å². The van der Waals surface area contributed by atoms with Gasteiger partial charge >= 0.3 is 0 Å². The molecule has 3 aromatic rings. The summed E-state index contributed by atoms with van der Waals surface area (Å²) in [4.78, 5) is 12.9. The number of hydrogen-bond acceptors (Lipinski definition) is 5. The molecule has 0 atom stereocenters. The predicted octanol–water partition coefficient (Wildman–Crippen LogP) is 4.59. The first-order chi connectivity index (χ1) is 17.9. The van der Waals surface area contributed by atoms with E-state index in [1.54, 1.807) is 24.3 Å². The number of carbonyl (C=O) groups is 1. The summed E-state index contributed by atoms with van der Waals surface area (Å²) in [6, 6.07) is 18.8. The molecule has 1 heterocycles. The van der Waals surface area contributed by atoms with Crippen molar-refractivity contribution in [3.63, 3.8) is 0 Å². The lowest BCUT2D eigenvalue weighted by Gasteiger charge is -2.30. The lowest BCUT2D eigenvalue weighted by Crippen LogP contribution is -2.41. The normalized spacial score (nSPS) is 15.2. The fourth-order valence-corrected chi connectivity index (χ4v) is 7.15. The Morgan fingerprint density at radius 2 is 1.45 bits per heavy atom. The zero-order valence-electron chi connectivity index (χ0n) is 21.8. The fraction of sp³-hybridized carbons (Fsp3) is 0.321. The van der Waals surface area contributed by atoms with Crippen LogP contribution in [0, 0.1) is 26.7 Å². The van der Waals surface area contributed by atoms with Crippen molar-refractivity contribution in [2.75, 3.05) is 23.1 Å². The average molecular weight is 556 g/mol. The van der Waals surface area contributed by atoms with Crippen LogP contribution in [-0.2, 0) is 30.6 Å². The van der Waals surface area contributed by atoms with Crippen molar-refractivity contribution in [1.82, 2.24) is 4.31 Å². The molecule has 10 heteroatoms. The molecule has 1 aliphatic heterocycles. The minimum absolute atomic E-state index is 0.0514. The Morgan fingerprint density at radius 1 is 0.816 bits per heavy atom. The van der Waals surface area contributed by atoms with E-state index in [2.05, 4.69) is 10.0 Å². The molecule has 0 aromatic heterocycles. The Bertz CT molecular complexity index is 1530. The summed E-state index contributed by atoms with van der Waals surface area (Å²) < 4.78 is 55.4. The van der Waals surface area contributed by atoms with Crippen LogP contribution in [0.3, 0.4) is 0 Å². The van der Waals surface area contributed by atoms with Crippen LogP contribution >= 0.6 is 0 Å². The van der Waals surface area contributed by atoms with Crippen molar-refractivity contribution < 1.29 is 21.6 Å². The third-order valence-electron chi connectivity index (χ3n) is 7.01. The number of piperidine rings is 1. The lowest BCUT2D eigenvalue weighted by atomic mass is 9.97. The first kappa shape index (κ1) is 27.8. The summed E-state index contributed by atoms with van der Waals surface area (Å²) in [5, 5.41) is 2.83. The smallest absolute Gasteiger partial charge is 0.261 e. The SMILES string of the molecule is Cc1ccc(NS(=O)(=O)c2ccc(NC(=O)C3CCN(S(=O)(=O)Cc4ccccc4C)CC3)cc2)cc1C. The van der Waals surface area contributed by atoms with Gasteiger partial charge in [0.1, 0.15) is 0 Å². The average Bonchev–Trinajstić information content (AvgIpc) is 2.88. The predicted molar refractivity (Wildman–Crippen MR) is 150 cm³/mol. The summed E-state index contributed by atoms with van der Waals surface area (Å²) in [5.41, 5.74) is 4.74. The molecule has 8 nitrogen and oxygen atoms in total. The van der Waals surface area contributed by atoms with Gasteiger partial charge in [0, 0.05) is 30.4 Å². The van der Waals surface area contributed by atoms with Gasteiger partial charge in [-0.1, -0.05) is 30.3 Å². The minimum atomic E-state index is -3.78. The van der Waals surface area contributed by atoms with Crippen LogP contribution in [0.15, 0.2) is 71.6 Å². The highest BCUT2D eigenvalue weighted by atomic mass is 32.2. The molecule has 4 rings (SSSR count). The number of amides is 1. The molecule has 0 unspecified atom stereocenters. The fourth-order valence-electron chi connectivity index (χ4n) is 4.44. The molecular weight excluding hydrogens is 522 g/mol. The highest BCUT2D eigenvalue weighted by Gasteiger charge is 2.31. The quantitative estimate of drug-likeness (QED) is 0.422. The number of benzene rings is 3. The van der Waals surface area contributed by atoms with E-state index in [0.717, 1.165) is 22.3 Å². The summed E-state index contributed by atoms with van der Waals surface area (Å²) >= 11 is 0. The Hall–Kier alpha value is -3.21. The maximum Gasteiger partial charge on any atom is 0.261 e. The Kier molecular flexibility index (Phi) is 8.25. The molecule has 3 aromatic carbocycles. The first-order valence-electron chi connectivity index (χ1n) is 12.5. The number of aryl methyl sites for hydroxylation is 3. The summed E-state index contributed by atoms with van der Waals surface area (Å²) in [7, 11) is -7.25. The second-order valence-corrected chi connectivity index (χ2v) is 13.4. The monoisotopic (exact) mass is 555 g/mol. The van der Waals surface area contributed by atoms with Crippen LogP contribution in [0.5, 0.6) is 0 Å². The summed E-state index contributed by atoms with van der Waals surface area (Å²) in [6.07, 6.45) is 0.844. The highest BCUT2D eigenvalue weighted by Crippen LogP contribution is 2.25. The van der Waals surface area contributed by atoms with E-state index >= 15 is 0 Å². The molecule has 0 saturated carbocycles. The molecule has 202 valence electrons. The Morgan fingerprint density at radius 3 is 2.08 bits per heavy atom. The van der Waals surface area contributed by atoms with Gasteiger partial charge in [0.15, 0.2) is 0 Å². The van der Waals surface area contributed by atoms with Crippen LogP contribution in [0.25, 0.3) is 0 Å². The van der Waals surface area contributed by atoms with Gasteiger partial charge in [-0.05, 0) is 92.3 Å². The lowest BCUT2D eigenvalue weighted by molar-refractivity contribution is -0.120. The van der Waals surface area contributed by atoms with E-state index in [0.29, 0.717) is 24.2 Å². The minimum Gasteiger partial charge on any atom is -0.326 e. The number of hydrogen-bond donors (Lipinski definition) is 2. The standard InChI is InChI=1S/C28H33N3O5S2/c1-20-8-9-26(18-22(20)3)30-38(35,36)27-12-10-25(11-13-27)29-28(32)23-14-16-31(17-15-23)37(33,34)19-24-7-5-4-6-21(24)2/h4-13,18,23,30H,14-17,19H2,1-3H3,(H,29,32). The van der Waals surface area contributed by atoms with Crippen LogP contribution < -0.4 is 10.0 Å². The van der Waals surface area contributed by atoms with Gasteiger partial charge in [-0.25, -0.2) is 21.1 Å². The van der Waals surface area contributed by atoms with Crippen LogP contribution in [0.1, 0.15) is 35.1 Å². The molecule has 38 heavy (non-hydrogen) atoms. The van der Waals surface area contributed by atoms with Gasteiger partial charge in [0.05, 0.1) is 10.6 Å². The number of nitrogens with one attached hydrogen (secondary N) is 2. The van der Waals surface area contributed by atoms with Crippen molar-refractivity contribution in [2.45, 2.75) is 44.3 Å². The van der Waals surface area contributed by atoms with Gasteiger partial charge < -0.3 is 5.32 Å². The molecule has 0 aliphatic carbocycles. The highest BCUT2D eigenvalue weighted by molar-refractivity contribution is 7.92. The van der Waals surface area contributed by atoms with Gasteiger partial charge in [0.25, 0.3) is 10.0 Å². The van der Waals surface area contributed by atoms with E-state index in [4.69, 9.17) is 0 Å². The number of rotatable bonds is 8. The summed E-state index contributed by atoms with van der Waals surface area (Å²) in [6.45, 7) is 6.34. The molecule has 0 bridgehead atoms. The van der Waals surface area contributed by atoms with E-state index in [1.807, 2.05) is 51.1 Å². The third-order valence-corrected chi connectivity index (χ3v) is 10.2. The maximum absolute atomic E-state index is 12.9. The van der Waals surface area contributed by atoms with Crippen LogP contribution in [0.2, 0.25) is 0 Å². The van der Waals surface area contributed by atoms with Crippen molar-refractivity contribution in [1.29, 1.82) is 0 Å². The zero-order valence-corrected chi connectivity index (χ0v) is 23.4. The molecule has 1 aliphatic rings. The molecule has 2 N–H and O–H groups in total. The molecule has 1 amide bonds. The number of carbonyl (C=O) groups excluding carboxylic acids is 1. The topological polar surface area (TPSA) is 113 Å². The second kappa shape index (κ2) is 11.3. The van der Waals surface area contributed by atoms with Crippen LogP contribution in [0.4, 0.5) is 11.4 Å². The Labute approximate surface area is 225 Å². The van der Waals surface area contributed by atoms with E-state index in [-0.39, 0.29) is 35.6 Å². The van der Waals surface area contributed by atoms with Gasteiger partial charge in [-0.2, -0.15) is 0 Å². The maximum atomic E-state index is 12.9. The molecule has 0 radical (unpaired) electrons. The number of nitrogens with zero attached hydrogens (tertiary/aromatic N) is 1. The molecule has 1 fully saturated rings. The third kappa shape index (κ3) is 6.61. The molecular formula is C28H33N3O5S2. The first-order valence-corrected chi connectivity index (χ1v) is 15.6. The van der Waals surface area contributed by atoms with E-state index in [9.17, 15) is 21.6 Å². The van der Waals surface area contributed by atoms with Crippen LogP contribution in [-0.4, -0.2) is 40.1 Å². The van der Waals surface area contributed by atoms with Crippen molar-refractivity contribution in [3.8, 4) is 0 Å². The number of anilines is 2. The summed E-state index contributed by atoms with van der Waals surface area (Å²) in [5.74, 6) is -0.580. The largest absolute Gasteiger partial charge is 0.326 e. The van der Waals surface area contributed by atoms with E-state index in [1.165, 1.54) is 16.4 Å². The van der Waals surface area contributed by atoms with Crippen molar-refractivity contribution in [2.24, 2.45) is 5.92 Å². The van der Waals surface area contributed by atoms with E-state index < -0.39 is 20.0 Å². The molecule has 0 spiro atoms. The van der Waals surface area contributed by atoms with Crippen molar-refractivity contribution >= 4 is 37.3 Å². The zero-order chi connectivity index (χ0) is 27.5. The Balaban J connectivity index is 1.32. The molecule has 1 saturated heterocycles. The van der Waals surface area contributed by atoms with Gasteiger partial charge in [-0.15, -0.1) is 0 Å². The second-order valence-electron chi connectivity index (χ2n) is 9.77. The van der Waals surface area contributed by atoms with Gasteiger partial charge in [-0.3, -0.25) is 9.52 Å².